The second kappa shape index (κ2) is 4.22. The lowest BCUT2D eigenvalue weighted by atomic mass is 9.80. The van der Waals surface area contributed by atoms with Crippen LogP contribution in [0.4, 0.5) is 0 Å². The first-order valence-corrected chi connectivity index (χ1v) is 5.50. The molecule has 86 valence electrons. The van der Waals surface area contributed by atoms with Crippen molar-refractivity contribution in [2.24, 2.45) is 0 Å². The number of hydrogen-bond acceptors (Lipinski definition) is 3. The maximum atomic E-state index is 11.2. The molecule has 1 aliphatic rings. The molecular weight excluding hydrogens is 204 g/mol. The van der Waals surface area contributed by atoms with Gasteiger partial charge in [0, 0.05) is 12.4 Å². The minimum absolute atomic E-state index is 0.311. The first-order chi connectivity index (χ1) is 7.62. The third-order valence-corrected chi connectivity index (χ3v) is 3.31. The molecule has 4 nitrogen and oxygen atoms in total. The van der Waals surface area contributed by atoms with Crippen molar-refractivity contribution in [3.8, 4) is 0 Å². The molecule has 2 unspecified atom stereocenters. The molecular formula is C12H16N2O2. The molecule has 2 atom stereocenters. The van der Waals surface area contributed by atoms with Crippen LogP contribution in [0.15, 0.2) is 24.5 Å². The molecule has 2 N–H and O–H groups in total. The molecule has 1 aromatic rings. The zero-order valence-electron chi connectivity index (χ0n) is 9.31. The molecule has 1 aromatic heterocycles. The highest BCUT2D eigenvalue weighted by atomic mass is 16.4. The summed E-state index contributed by atoms with van der Waals surface area (Å²) in [5.74, 6) is -0.461. The quantitative estimate of drug-likeness (QED) is 0.790. The fraction of sp³-hybridized carbons (Fsp3) is 0.500. The van der Waals surface area contributed by atoms with Crippen molar-refractivity contribution in [3.63, 3.8) is 0 Å². The van der Waals surface area contributed by atoms with Crippen LogP contribution in [-0.4, -0.2) is 28.1 Å². The molecule has 0 saturated carbocycles. The summed E-state index contributed by atoms with van der Waals surface area (Å²) < 4.78 is 0. The maximum Gasteiger partial charge on any atom is 0.323 e. The SMILES string of the molecule is CC1(C(=O)O)CC(c2ccncc2)CCN1. The summed E-state index contributed by atoms with van der Waals surface area (Å²) in [5, 5.41) is 12.3. The molecule has 1 saturated heterocycles. The van der Waals surface area contributed by atoms with Gasteiger partial charge >= 0.3 is 5.97 Å². The highest BCUT2D eigenvalue weighted by molar-refractivity contribution is 5.78. The van der Waals surface area contributed by atoms with E-state index in [1.807, 2.05) is 12.1 Å². The molecule has 2 heterocycles. The van der Waals surface area contributed by atoms with Gasteiger partial charge in [0.25, 0.3) is 0 Å². The van der Waals surface area contributed by atoms with Gasteiger partial charge in [0.1, 0.15) is 5.54 Å². The third kappa shape index (κ3) is 2.07. The van der Waals surface area contributed by atoms with Gasteiger partial charge in [-0.05, 0) is 49.9 Å². The summed E-state index contributed by atoms with van der Waals surface area (Å²) in [4.78, 5) is 15.2. The number of rotatable bonds is 2. The van der Waals surface area contributed by atoms with Gasteiger partial charge in [-0.15, -0.1) is 0 Å². The van der Waals surface area contributed by atoms with Crippen molar-refractivity contribution in [1.82, 2.24) is 10.3 Å². The average molecular weight is 220 g/mol. The minimum Gasteiger partial charge on any atom is -0.480 e. The van der Waals surface area contributed by atoms with Crippen LogP contribution < -0.4 is 5.32 Å². The smallest absolute Gasteiger partial charge is 0.323 e. The lowest BCUT2D eigenvalue weighted by molar-refractivity contribution is -0.145. The number of aliphatic carboxylic acids is 1. The molecule has 2 rings (SSSR count). The van der Waals surface area contributed by atoms with Crippen molar-refractivity contribution in [3.05, 3.63) is 30.1 Å². The second-order valence-electron chi connectivity index (χ2n) is 4.53. The molecule has 4 heteroatoms. The van der Waals surface area contributed by atoms with Crippen LogP contribution >= 0.6 is 0 Å². The highest BCUT2D eigenvalue weighted by Crippen LogP contribution is 2.32. The highest BCUT2D eigenvalue weighted by Gasteiger charge is 2.38. The number of aromatic nitrogens is 1. The second-order valence-corrected chi connectivity index (χ2v) is 4.53. The number of nitrogens with zero attached hydrogens (tertiary/aromatic N) is 1. The summed E-state index contributed by atoms with van der Waals surface area (Å²) in [6.07, 6.45) is 5.13. The van der Waals surface area contributed by atoms with E-state index in [4.69, 9.17) is 0 Å². The van der Waals surface area contributed by atoms with Crippen LogP contribution in [0.5, 0.6) is 0 Å². The van der Waals surface area contributed by atoms with Crippen LogP contribution in [0, 0.1) is 0 Å². The predicted molar refractivity (Wildman–Crippen MR) is 60.3 cm³/mol. The summed E-state index contributed by atoms with van der Waals surface area (Å²) in [6.45, 7) is 2.50. The lowest BCUT2D eigenvalue weighted by Crippen LogP contribution is -2.53. The predicted octanol–water partition coefficient (Wildman–Crippen LogP) is 1.39. The van der Waals surface area contributed by atoms with Gasteiger partial charge in [0.15, 0.2) is 0 Å². The van der Waals surface area contributed by atoms with E-state index < -0.39 is 11.5 Å². The first-order valence-electron chi connectivity index (χ1n) is 5.50. The maximum absolute atomic E-state index is 11.2. The number of pyridine rings is 1. The molecule has 0 spiro atoms. The van der Waals surface area contributed by atoms with E-state index in [-0.39, 0.29) is 0 Å². The van der Waals surface area contributed by atoms with Crippen molar-refractivity contribution in [1.29, 1.82) is 0 Å². The van der Waals surface area contributed by atoms with Crippen molar-refractivity contribution in [2.75, 3.05) is 6.54 Å². The van der Waals surface area contributed by atoms with E-state index in [1.54, 1.807) is 19.3 Å². The first kappa shape index (κ1) is 11.1. The molecule has 1 aliphatic heterocycles. The van der Waals surface area contributed by atoms with Crippen molar-refractivity contribution >= 4 is 5.97 Å². The van der Waals surface area contributed by atoms with Crippen LogP contribution in [-0.2, 0) is 4.79 Å². The average Bonchev–Trinajstić information content (AvgIpc) is 2.30. The molecule has 1 fully saturated rings. The van der Waals surface area contributed by atoms with Gasteiger partial charge in [-0.1, -0.05) is 0 Å². The lowest BCUT2D eigenvalue weighted by Gasteiger charge is -2.36. The summed E-state index contributed by atoms with van der Waals surface area (Å²) in [7, 11) is 0. The molecule has 0 aliphatic carbocycles. The number of carboxylic acids is 1. The fourth-order valence-corrected chi connectivity index (χ4v) is 2.27. The number of nitrogens with one attached hydrogen (secondary N) is 1. The fourth-order valence-electron chi connectivity index (χ4n) is 2.27. The Bertz CT molecular complexity index is 380. The van der Waals surface area contributed by atoms with Gasteiger partial charge in [-0.25, -0.2) is 0 Å². The van der Waals surface area contributed by atoms with E-state index in [0.717, 1.165) is 13.0 Å². The minimum atomic E-state index is -0.799. The zero-order valence-corrected chi connectivity index (χ0v) is 9.31. The number of carbonyl (C=O) groups is 1. The number of carboxylic acid groups (broad SMARTS) is 1. The van der Waals surface area contributed by atoms with Crippen molar-refractivity contribution in [2.45, 2.75) is 31.2 Å². The Balaban J connectivity index is 2.17. The van der Waals surface area contributed by atoms with E-state index in [0.29, 0.717) is 12.3 Å². The molecule has 0 aromatic carbocycles. The van der Waals surface area contributed by atoms with Gasteiger partial charge in [-0.3, -0.25) is 9.78 Å². The normalized spacial score (nSPS) is 29.9. The molecule has 0 radical (unpaired) electrons. The molecule has 0 amide bonds. The van der Waals surface area contributed by atoms with Gasteiger partial charge in [0.05, 0.1) is 0 Å². The monoisotopic (exact) mass is 220 g/mol. The summed E-state index contributed by atoms with van der Waals surface area (Å²) in [6, 6.07) is 3.94. The summed E-state index contributed by atoms with van der Waals surface area (Å²) >= 11 is 0. The van der Waals surface area contributed by atoms with Crippen molar-refractivity contribution < 1.29 is 9.90 Å². The third-order valence-electron chi connectivity index (χ3n) is 3.31. The number of piperidine rings is 1. The van der Waals surface area contributed by atoms with Crippen LogP contribution in [0.1, 0.15) is 31.2 Å². The standard InChI is InChI=1S/C12H16N2O2/c1-12(11(15)16)8-10(4-7-14-12)9-2-5-13-6-3-9/h2-3,5-6,10,14H,4,7-8H2,1H3,(H,15,16). The van der Waals surface area contributed by atoms with Gasteiger partial charge in [-0.2, -0.15) is 0 Å². The Morgan fingerprint density at radius 2 is 2.25 bits per heavy atom. The van der Waals surface area contributed by atoms with Gasteiger partial charge < -0.3 is 10.4 Å². The van der Waals surface area contributed by atoms with E-state index in [9.17, 15) is 9.90 Å². The zero-order chi connectivity index (χ0) is 11.6. The Hall–Kier alpha value is -1.42. The van der Waals surface area contributed by atoms with E-state index >= 15 is 0 Å². The number of hydrogen-bond donors (Lipinski definition) is 2. The van der Waals surface area contributed by atoms with Crippen LogP contribution in [0.3, 0.4) is 0 Å². The van der Waals surface area contributed by atoms with E-state index in [1.165, 1.54) is 5.56 Å². The molecule has 0 bridgehead atoms. The Kier molecular flexibility index (Phi) is 2.92. The van der Waals surface area contributed by atoms with Crippen LogP contribution in [0.2, 0.25) is 0 Å². The van der Waals surface area contributed by atoms with E-state index in [2.05, 4.69) is 10.3 Å². The van der Waals surface area contributed by atoms with Crippen LogP contribution in [0.25, 0.3) is 0 Å². The summed E-state index contributed by atoms with van der Waals surface area (Å²) in [5.41, 5.74) is 0.385. The largest absolute Gasteiger partial charge is 0.480 e. The Morgan fingerprint density at radius 3 is 2.88 bits per heavy atom. The van der Waals surface area contributed by atoms with Gasteiger partial charge in [0.2, 0.25) is 0 Å². The Labute approximate surface area is 94.7 Å². The Morgan fingerprint density at radius 1 is 1.56 bits per heavy atom. The molecule has 16 heavy (non-hydrogen) atoms. The topological polar surface area (TPSA) is 62.2 Å².